The summed E-state index contributed by atoms with van der Waals surface area (Å²) >= 11 is 0. The van der Waals surface area contributed by atoms with Crippen LogP contribution >= 0.6 is 0 Å². The first-order chi connectivity index (χ1) is 17.9. The first kappa shape index (κ1) is 32.9. The molecule has 0 unspecified atom stereocenters. The minimum Gasteiger partial charge on any atom is -0.360 e. The van der Waals surface area contributed by atoms with E-state index in [2.05, 4.69) is 5.32 Å². The lowest BCUT2D eigenvalue weighted by Crippen LogP contribution is -2.27. The molecule has 0 aliphatic heterocycles. The molecule has 0 radical (unpaired) electrons. The summed E-state index contributed by atoms with van der Waals surface area (Å²) in [5.74, 6) is 0. The first-order valence-corrected chi connectivity index (χ1v) is 11.4. The number of amides is 2. The van der Waals surface area contributed by atoms with Gasteiger partial charge in [-0.25, -0.2) is 4.79 Å². The number of nitrogens with one attached hydrogen (secondary N) is 1. The zero-order chi connectivity index (χ0) is 30.1. The Hall–Kier alpha value is -4.11. The average molecular weight is 567 g/mol. The predicted octanol–water partition coefficient (Wildman–Crippen LogP) is 6.95. The van der Waals surface area contributed by atoms with Gasteiger partial charge in [0.05, 0.1) is 21.0 Å². The Kier molecular flexibility index (Phi) is 11.5. The molecule has 0 aromatic heterocycles. The summed E-state index contributed by atoms with van der Waals surface area (Å²) in [6.45, 7) is 4.07. The molecule has 0 fully saturated rings. The second-order valence-corrected chi connectivity index (χ2v) is 8.27. The Morgan fingerprint density at radius 1 is 0.846 bits per heavy atom. The van der Waals surface area contributed by atoms with Crippen molar-refractivity contribution in [3.8, 4) is 0 Å². The topological polar surface area (TPSA) is 122 Å². The van der Waals surface area contributed by atoms with E-state index in [9.17, 15) is 51.4 Å². The average Bonchev–Trinajstić information content (AvgIpc) is 2.82. The molecule has 2 amide bonds. The molecule has 216 valence electrons. The molecule has 0 saturated carbocycles. The molecule has 0 atom stereocenters. The normalized spacial score (nSPS) is 11.2. The lowest BCUT2D eigenvalue weighted by molar-refractivity contribution is -0.393. The zero-order valence-electron chi connectivity index (χ0n) is 21.4. The lowest BCUT2D eigenvalue weighted by Gasteiger charge is -2.23. The van der Waals surface area contributed by atoms with Gasteiger partial charge in [0.1, 0.15) is 0 Å². The van der Waals surface area contributed by atoms with Crippen LogP contribution in [-0.2, 0) is 12.4 Å². The number of anilines is 2. The number of benzene rings is 2. The van der Waals surface area contributed by atoms with Gasteiger partial charge in [0.25, 0.3) is 11.4 Å². The quantitative estimate of drug-likeness (QED) is 0.209. The third kappa shape index (κ3) is 9.61. The molecule has 0 aliphatic rings. The van der Waals surface area contributed by atoms with Gasteiger partial charge in [-0.2, -0.15) is 26.3 Å². The minimum atomic E-state index is -4.91. The fraction of sp³-hybridized carbons (Fsp3) is 0.435. The van der Waals surface area contributed by atoms with Gasteiger partial charge >= 0.3 is 18.4 Å². The standard InChI is InChI=1S/C13H16F3N3O4.C10H11F3N2O/c1-3-5-17(6-4-2)12-10(18(20)21)7-9(13(14,15)16)8-11(12)19(22)23;1-15(2)9(16)14-8-5-3-4-7(6-8)10(11,12)13/h7-8H,3-6H2,1-2H3;3-6H,1-2H3,(H,14,16). The van der Waals surface area contributed by atoms with Gasteiger partial charge < -0.3 is 15.1 Å². The Bertz CT molecular complexity index is 1130. The summed E-state index contributed by atoms with van der Waals surface area (Å²) in [5, 5.41) is 24.7. The third-order valence-corrected chi connectivity index (χ3v) is 4.94. The highest BCUT2D eigenvalue weighted by atomic mass is 19.4. The van der Waals surface area contributed by atoms with E-state index in [4.69, 9.17) is 0 Å². The van der Waals surface area contributed by atoms with Gasteiger partial charge in [0.2, 0.25) is 0 Å². The molecule has 2 rings (SSSR count). The van der Waals surface area contributed by atoms with Crippen molar-refractivity contribution >= 4 is 28.8 Å². The van der Waals surface area contributed by atoms with Crippen LogP contribution in [0.2, 0.25) is 0 Å². The van der Waals surface area contributed by atoms with E-state index in [-0.39, 0.29) is 24.5 Å². The van der Waals surface area contributed by atoms with Crippen molar-refractivity contribution in [3.05, 3.63) is 67.8 Å². The highest BCUT2D eigenvalue weighted by Crippen LogP contribution is 2.43. The number of alkyl halides is 6. The minimum absolute atomic E-state index is 0.119. The number of halogens is 6. The van der Waals surface area contributed by atoms with Crippen LogP contribution in [0.5, 0.6) is 0 Å². The smallest absolute Gasteiger partial charge is 0.360 e. The van der Waals surface area contributed by atoms with Gasteiger partial charge in [-0.1, -0.05) is 19.9 Å². The van der Waals surface area contributed by atoms with Crippen LogP contribution in [0.15, 0.2) is 36.4 Å². The highest BCUT2D eigenvalue weighted by Gasteiger charge is 2.39. The Labute approximate surface area is 219 Å². The Morgan fingerprint density at radius 2 is 1.31 bits per heavy atom. The first-order valence-electron chi connectivity index (χ1n) is 11.4. The van der Waals surface area contributed by atoms with E-state index in [1.165, 1.54) is 36.0 Å². The number of hydrogen-bond donors (Lipinski definition) is 1. The predicted molar refractivity (Wildman–Crippen MR) is 132 cm³/mol. The number of hydrogen-bond acceptors (Lipinski definition) is 6. The fourth-order valence-electron chi connectivity index (χ4n) is 3.25. The van der Waals surface area contributed by atoms with E-state index in [0.29, 0.717) is 25.0 Å². The van der Waals surface area contributed by atoms with Crippen molar-refractivity contribution in [2.24, 2.45) is 0 Å². The van der Waals surface area contributed by atoms with Gasteiger partial charge in [-0.05, 0) is 31.0 Å². The Morgan fingerprint density at radius 3 is 1.67 bits per heavy atom. The Balaban J connectivity index is 0.000000416. The van der Waals surface area contributed by atoms with Crippen molar-refractivity contribution in [2.75, 3.05) is 37.4 Å². The molecule has 0 bridgehead atoms. The van der Waals surface area contributed by atoms with Crippen molar-refractivity contribution in [2.45, 2.75) is 39.0 Å². The van der Waals surface area contributed by atoms with Crippen molar-refractivity contribution in [3.63, 3.8) is 0 Å². The summed E-state index contributed by atoms with van der Waals surface area (Å²) < 4.78 is 75.6. The zero-order valence-corrected chi connectivity index (χ0v) is 21.4. The molecule has 1 N–H and O–H groups in total. The van der Waals surface area contributed by atoms with E-state index >= 15 is 0 Å². The van der Waals surface area contributed by atoms with E-state index < -0.39 is 50.7 Å². The molecule has 0 heterocycles. The van der Waals surface area contributed by atoms with E-state index in [1.54, 1.807) is 13.8 Å². The number of nitrogens with zero attached hydrogens (tertiary/aromatic N) is 4. The lowest BCUT2D eigenvalue weighted by atomic mass is 10.1. The van der Waals surface area contributed by atoms with Crippen molar-refractivity contribution in [1.29, 1.82) is 0 Å². The summed E-state index contributed by atoms with van der Waals surface area (Å²) in [7, 11) is 3.01. The molecule has 39 heavy (non-hydrogen) atoms. The number of carbonyl (C=O) groups is 1. The van der Waals surface area contributed by atoms with Crippen LogP contribution in [-0.4, -0.2) is 48.0 Å². The summed E-state index contributed by atoms with van der Waals surface area (Å²) in [6.07, 6.45) is -8.24. The second-order valence-electron chi connectivity index (χ2n) is 8.27. The van der Waals surface area contributed by atoms with Crippen LogP contribution in [0.25, 0.3) is 0 Å². The van der Waals surface area contributed by atoms with Gasteiger partial charge in [0, 0.05) is 45.0 Å². The van der Waals surface area contributed by atoms with Gasteiger partial charge in [-0.15, -0.1) is 0 Å². The number of urea groups is 1. The number of carbonyl (C=O) groups excluding carboxylic acids is 1. The molecule has 0 spiro atoms. The maximum absolute atomic E-state index is 12.8. The molecule has 2 aromatic rings. The third-order valence-electron chi connectivity index (χ3n) is 4.94. The maximum atomic E-state index is 12.8. The van der Waals surface area contributed by atoms with Gasteiger partial charge in [-0.3, -0.25) is 20.2 Å². The van der Waals surface area contributed by atoms with Crippen molar-refractivity contribution < 1.29 is 41.0 Å². The van der Waals surface area contributed by atoms with Crippen LogP contribution < -0.4 is 10.2 Å². The maximum Gasteiger partial charge on any atom is 0.416 e. The molecular weight excluding hydrogens is 540 g/mol. The number of rotatable bonds is 8. The fourth-order valence-corrected chi connectivity index (χ4v) is 3.25. The number of nitro groups is 2. The highest BCUT2D eigenvalue weighted by molar-refractivity contribution is 5.89. The summed E-state index contributed by atoms with van der Waals surface area (Å²) in [5.41, 5.74) is -4.27. The van der Waals surface area contributed by atoms with Crippen LogP contribution in [0, 0.1) is 20.2 Å². The molecule has 0 saturated heterocycles. The van der Waals surface area contributed by atoms with Crippen LogP contribution in [0.4, 0.5) is 53.9 Å². The molecule has 0 aliphatic carbocycles. The van der Waals surface area contributed by atoms with Crippen LogP contribution in [0.3, 0.4) is 0 Å². The molecule has 2 aromatic carbocycles. The van der Waals surface area contributed by atoms with Crippen molar-refractivity contribution in [1.82, 2.24) is 4.90 Å². The van der Waals surface area contributed by atoms with E-state index in [1.807, 2.05) is 0 Å². The summed E-state index contributed by atoms with van der Waals surface area (Å²) in [6, 6.07) is 4.71. The monoisotopic (exact) mass is 567 g/mol. The summed E-state index contributed by atoms with van der Waals surface area (Å²) in [4.78, 5) is 34.1. The largest absolute Gasteiger partial charge is 0.416 e. The molecule has 16 heteroatoms. The SMILES string of the molecule is CCCN(CCC)c1c([N+](=O)[O-])cc(C(F)(F)F)cc1[N+](=O)[O-].CN(C)C(=O)Nc1cccc(C(F)(F)F)c1. The molecule has 10 nitrogen and oxygen atoms in total. The van der Waals surface area contributed by atoms with Gasteiger partial charge in [0.15, 0.2) is 5.69 Å². The van der Waals surface area contributed by atoms with E-state index in [0.717, 1.165) is 12.1 Å². The van der Waals surface area contributed by atoms with Crippen LogP contribution in [0.1, 0.15) is 37.8 Å². The molecular formula is C23H27F6N5O5. The number of nitro benzene ring substituents is 2. The second kappa shape index (κ2) is 13.6.